The van der Waals surface area contributed by atoms with E-state index in [0.29, 0.717) is 6.54 Å². The fraction of sp³-hybridized carbons (Fsp3) is 0.500. The molecule has 2 N–H and O–H groups in total. The number of nitrogens with one attached hydrogen (secondary N) is 2. The highest BCUT2D eigenvalue weighted by Gasteiger charge is 2.35. The number of amides is 1. The SMILES string of the molecule is Cc1nc2ccccc2n1CCNC(=O)C1(C)CCNC1. The summed E-state index contributed by atoms with van der Waals surface area (Å²) in [6.45, 7) is 7.11. The molecule has 0 bridgehead atoms. The molecule has 1 aliphatic rings. The zero-order valence-corrected chi connectivity index (χ0v) is 12.6. The zero-order chi connectivity index (χ0) is 14.9. The highest BCUT2D eigenvalue weighted by Crippen LogP contribution is 2.24. The smallest absolute Gasteiger partial charge is 0.227 e. The lowest BCUT2D eigenvalue weighted by atomic mass is 9.89. The molecule has 3 rings (SSSR count). The molecule has 1 unspecified atom stereocenters. The third-order valence-electron chi connectivity index (χ3n) is 4.38. The van der Waals surface area contributed by atoms with E-state index in [9.17, 15) is 4.79 Å². The maximum absolute atomic E-state index is 12.3. The van der Waals surface area contributed by atoms with Gasteiger partial charge in [0.15, 0.2) is 0 Å². The van der Waals surface area contributed by atoms with Gasteiger partial charge in [0.05, 0.1) is 16.4 Å². The van der Waals surface area contributed by atoms with Crippen molar-refractivity contribution in [1.29, 1.82) is 0 Å². The van der Waals surface area contributed by atoms with Gasteiger partial charge >= 0.3 is 0 Å². The van der Waals surface area contributed by atoms with Crippen LogP contribution in [0.25, 0.3) is 11.0 Å². The van der Waals surface area contributed by atoms with Gasteiger partial charge in [0.25, 0.3) is 0 Å². The molecule has 112 valence electrons. The predicted octanol–water partition coefficient (Wildman–Crippen LogP) is 1.46. The first-order valence-corrected chi connectivity index (χ1v) is 7.51. The Kier molecular flexibility index (Phi) is 3.68. The zero-order valence-electron chi connectivity index (χ0n) is 12.6. The number of hydrogen-bond acceptors (Lipinski definition) is 3. The van der Waals surface area contributed by atoms with Gasteiger partial charge in [-0.2, -0.15) is 0 Å². The first kappa shape index (κ1) is 14.1. The van der Waals surface area contributed by atoms with E-state index in [-0.39, 0.29) is 11.3 Å². The van der Waals surface area contributed by atoms with E-state index in [1.165, 1.54) is 0 Å². The fourth-order valence-electron chi connectivity index (χ4n) is 2.98. The molecule has 0 saturated carbocycles. The molecule has 5 nitrogen and oxygen atoms in total. The Morgan fingerprint density at radius 3 is 3.05 bits per heavy atom. The normalized spacial score (nSPS) is 21.8. The fourth-order valence-corrected chi connectivity index (χ4v) is 2.98. The molecule has 2 aromatic rings. The van der Waals surface area contributed by atoms with Gasteiger partial charge in [-0.05, 0) is 38.9 Å². The number of benzene rings is 1. The highest BCUT2D eigenvalue weighted by molar-refractivity contribution is 5.82. The summed E-state index contributed by atoms with van der Waals surface area (Å²) < 4.78 is 2.16. The largest absolute Gasteiger partial charge is 0.354 e. The molecule has 1 saturated heterocycles. The number of nitrogens with zero attached hydrogens (tertiary/aromatic N) is 2. The topological polar surface area (TPSA) is 59.0 Å². The quantitative estimate of drug-likeness (QED) is 0.894. The van der Waals surface area contributed by atoms with Gasteiger partial charge in [-0.15, -0.1) is 0 Å². The van der Waals surface area contributed by atoms with Gasteiger partial charge in [0, 0.05) is 19.6 Å². The first-order chi connectivity index (χ1) is 10.1. The van der Waals surface area contributed by atoms with E-state index < -0.39 is 0 Å². The first-order valence-electron chi connectivity index (χ1n) is 7.51. The minimum atomic E-state index is -0.258. The summed E-state index contributed by atoms with van der Waals surface area (Å²) in [5.74, 6) is 1.13. The number of imidazole rings is 1. The minimum Gasteiger partial charge on any atom is -0.354 e. The van der Waals surface area contributed by atoms with Crippen molar-refractivity contribution in [2.75, 3.05) is 19.6 Å². The summed E-state index contributed by atoms with van der Waals surface area (Å²) in [6.07, 6.45) is 0.909. The van der Waals surface area contributed by atoms with Crippen LogP contribution in [-0.4, -0.2) is 35.1 Å². The number of aromatic nitrogens is 2. The summed E-state index contributed by atoms with van der Waals surface area (Å²) in [6, 6.07) is 8.10. The van der Waals surface area contributed by atoms with Gasteiger partial charge in [-0.3, -0.25) is 4.79 Å². The third-order valence-corrected chi connectivity index (χ3v) is 4.38. The second-order valence-electron chi connectivity index (χ2n) is 6.04. The van der Waals surface area contributed by atoms with Crippen molar-refractivity contribution in [3.05, 3.63) is 30.1 Å². The van der Waals surface area contributed by atoms with E-state index in [1.807, 2.05) is 32.0 Å². The summed E-state index contributed by atoms with van der Waals surface area (Å²) >= 11 is 0. The van der Waals surface area contributed by atoms with Crippen LogP contribution in [0.15, 0.2) is 24.3 Å². The van der Waals surface area contributed by atoms with Crippen molar-refractivity contribution >= 4 is 16.9 Å². The van der Waals surface area contributed by atoms with Crippen molar-refractivity contribution in [2.24, 2.45) is 5.41 Å². The Labute approximate surface area is 124 Å². The molecule has 2 heterocycles. The Balaban J connectivity index is 1.64. The lowest BCUT2D eigenvalue weighted by Crippen LogP contribution is -2.41. The number of fused-ring (bicyclic) bond motifs is 1. The molecule has 1 fully saturated rings. The molecule has 1 aliphatic heterocycles. The van der Waals surface area contributed by atoms with E-state index in [0.717, 1.165) is 42.9 Å². The lowest BCUT2D eigenvalue weighted by Gasteiger charge is -2.21. The summed E-state index contributed by atoms with van der Waals surface area (Å²) in [7, 11) is 0. The van der Waals surface area contributed by atoms with Crippen LogP contribution in [0.3, 0.4) is 0 Å². The number of aryl methyl sites for hydroxylation is 1. The maximum atomic E-state index is 12.3. The molecule has 1 atom stereocenters. The maximum Gasteiger partial charge on any atom is 0.227 e. The predicted molar refractivity (Wildman–Crippen MR) is 83.1 cm³/mol. The summed E-state index contributed by atoms with van der Waals surface area (Å²) in [5, 5.41) is 6.32. The third kappa shape index (κ3) is 2.65. The van der Waals surface area contributed by atoms with Gasteiger partial charge in [-0.1, -0.05) is 12.1 Å². The number of carbonyl (C=O) groups excluding carboxylic acids is 1. The average Bonchev–Trinajstić information content (AvgIpc) is 3.04. The number of rotatable bonds is 4. The van der Waals surface area contributed by atoms with Crippen molar-refractivity contribution in [3.8, 4) is 0 Å². The summed E-state index contributed by atoms with van der Waals surface area (Å²) in [5.41, 5.74) is 1.87. The van der Waals surface area contributed by atoms with Gasteiger partial charge < -0.3 is 15.2 Å². The van der Waals surface area contributed by atoms with Crippen LogP contribution in [0.1, 0.15) is 19.2 Å². The number of hydrogen-bond donors (Lipinski definition) is 2. The molecular weight excluding hydrogens is 264 g/mol. The van der Waals surface area contributed by atoms with Crippen molar-refractivity contribution in [3.63, 3.8) is 0 Å². The molecular formula is C16H22N4O. The molecule has 1 aromatic carbocycles. The molecule has 1 aromatic heterocycles. The Morgan fingerprint density at radius 2 is 2.29 bits per heavy atom. The van der Waals surface area contributed by atoms with E-state index in [1.54, 1.807) is 0 Å². The Hall–Kier alpha value is -1.88. The molecule has 21 heavy (non-hydrogen) atoms. The Morgan fingerprint density at radius 1 is 1.48 bits per heavy atom. The second-order valence-corrected chi connectivity index (χ2v) is 6.04. The molecule has 5 heteroatoms. The van der Waals surface area contributed by atoms with Crippen LogP contribution in [-0.2, 0) is 11.3 Å². The highest BCUT2D eigenvalue weighted by atomic mass is 16.2. The van der Waals surface area contributed by atoms with E-state index in [2.05, 4.69) is 26.3 Å². The average molecular weight is 286 g/mol. The Bertz CT molecular complexity index is 655. The standard InChI is InChI=1S/C16H22N4O/c1-12-19-13-5-3-4-6-14(13)20(12)10-9-18-15(21)16(2)7-8-17-11-16/h3-6,17H,7-11H2,1-2H3,(H,18,21). The van der Waals surface area contributed by atoms with Crippen LogP contribution < -0.4 is 10.6 Å². The van der Waals surface area contributed by atoms with Crippen molar-refractivity contribution in [1.82, 2.24) is 20.2 Å². The monoisotopic (exact) mass is 286 g/mol. The van der Waals surface area contributed by atoms with Crippen molar-refractivity contribution in [2.45, 2.75) is 26.8 Å². The molecule has 0 aliphatic carbocycles. The van der Waals surface area contributed by atoms with Crippen LogP contribution in [0, 0.1) is 12.3 Å². The number of para-hydroxylation sites is 2. The second kappa shape index (κ2) is 5.48. The van der Waals surface area contributed by atoms with Crippen LogP contribution in [0.4, 0.5) is 0 Å². The van der Waals surface area contributed by atoms with Gasteiger partial charge in [-0.25, -0.2) is 4.98 Å². The van der Waals surface area contributed by atoms with Gasteiger partial charge in [0.2, 0.25) is 5.91 Å². The van der Waals surface area contributed by atoms with Crippen molar-refractivity contribution < 1.29 is 4.79 Å². The van der Waals surface area contributed by atoms with E-state index >= 15 is 0 Å². The van der Waals surface area contributed by atoms with Gasteiger partial charge in [0.1, 0.15) is 5.82 Å². The van der Waals surface area contributed by atoms with Crippen LogP contribution in [0.5, 0.6) is 0 Å². The van der Waals surface area contributed by atoms with E-state index in [4.69, 9.17) is 0 Å². The van der Waals surface area contributed by atoms with Crippen LogP contribution >= 0.6 is 0 Å². The molecule has 1 amide bonds. The molecule has 0 spiro atoms. The summed E-state index contributed by atoms with van der Waals surface area (Å²) in [4.78, 5) is 16.8. The number of carbonyl (C=O) groups is 1. The van der Waals surface area contributed by atoms with Crippen LogP contribution in [0.2, 0.25) is 0 Å². The molecule has 0 radical (unpaired) electrons. The lowest BCUT2D eigenvalue weighted by molar-refractivity contribution is -0.129. The minimum absolute atomic E-state index is 0.148.